The molecule has 3 saturated heterocycles. The second kappa shape index (κ2) is 8.05. The molecule has 1 aromatic carbocycles. The molecule has 4 aliphatic heterocycles. The lowest BCUT2D eigenvalue weighted by molar-refractivity contribution is 0.00908. The van der Waals surface area contributed by atoms with Crippen molar-refractivity contribution < 1.29 is 14.3 Å². The topological polar surface area (TPSA) is 54.0 Å². The lowest BCUT2D eigenvalue weighted by Gasteiger charge is -2.54. The highest BCUT2D eigenvalue weighted by molar-refractivity contribution is 5.90. The zero-order valence-electron chi connectivity index (χ0n) is 18.2. The normalized spacial score (nSPS) is 32.3. The van der Waals surface area contributed by atoms with Crippen molar-refractivity contribution >= 4 is 11.7 Å². The summed E-state index contributed by atoms with van der Waals surface area (Å²) in [6.07, 6.45) is 10.9. The molecule has 2 bridgehead atoms. The van der Waals surface area contributed by atoms with Gasteiger partial charge in [0, 0.05) is 37.3 Å². The lowest BCUT2D eigenvalue weighted by Crippen LogP contribution is -2.60. The summed E-state index contributed by atoms with van der Waals surface area (Å²) in [6, 6.07) is 6.74. The molecule has 1 N–H and O–H groups in total. The highest BCUT2D eigenvalue weighted by Gasteiger charge is 2.46. The Kier molecular flexibility index (Phi) is 5.05. The van der Waals surface area contributed by atoms with Gasteiger partial charge in [0.25, 0.3) is 0 Å². The standard InChI is InChI=1S/C25H33N3O3/c29-25(26-20-7-8-22-23(15-20)31-12-4-11-30-22)28-10-3-5-17-13-18-14-19(24(17)28)16-27-9-2-1-6-21(18)27/h7-8,13,15,18-19,21,24H,1-6,9-12,14,16H2,(H,26,29)/t18-,19-,21?,24?/m1/s1. The first-order valence-corrected chi connectivity index (χ1v) is 12.2. The zero-order chi connectivity index (χ0) is 20.8. The number of urea groups is 1. The van der Waals surface area contributed by atoms with Crippen LogP contribution in [0.15, 0.2) is 29.8 Å². The number of anilines is 1. The van der Waals surface area contributed by atoms with Gasteiger partial charge in [-0.3, -0.25) is 4.90 Å². The first kappa shape index (κ1) is 19.5. The average molecular weight is 424 g/mol. The summed E-state index contributed by atoms with van der Waals surface area (Å²) in [5.41, 5.74) is 2.30. The second-order valence-electron chi connectivity index (χ2n) is 9.84. The van der Waals surface area contributed by atoms with Gasteiger partial charge in [-0.05, 0) is 62.6 Å². The molecule has 5 aliphatic rings. The third-order valence-electron chi connectivity index (χ3n) is 7.92. The fourth-order valence-corrected chi connectivity index (χ4v) is 6.64. The molecule has 0 aromatic heterocycles. The summed E-state index contributed by atoms with van der Waals surface area (Å²) >= 11 is 0. The van der Waals surface area contributed by atoms with Crippen molar-refractivity contribution in [3.8, 4) is 11.5 Å². The summed E-state index contributed by atoms with van der Waals surface area (Å²) in [5, 5.41) is 3.16. The third kappa shape index (κ3) is 3.59. The fraction of sp³-hybridized carbons (Fsp3) is 0.640. The number of piperidine rings is 3. The maximum Gasteiger partial charge on any atom is 0.322 e. The Morgan fingerprint density at radius 1 is 1.03 bits per heavy atom. The fourth-order valence-electron chi connectivity index (χ4n) is 6.64. The van der Waals surface area contributed by atoms with Crippen LogP contribution in [0.25, 0.3) is 0 Å². The van der Waals surface area contributed by atoms with Crippen molar-refractivity contribution in [2.24, 2.45) is 11.8 Å². The molecule has 3 fully saturated rings. The largest absolute Gasteiger partial charge is 0.490 e. The third-order valence-corrected chi connectivity index (χ3v) is 7.92. The molecule has 1 aliphatic carbocycles. The van der Waals surface area contributed by atoms with E-state index in [2.05, 4.69) is 21.2 Å². The Morgan fingerprint density at radius 3 is 2.87 bits per heavy atom. The number of nitrogens with one attached hydrogen (secondary N) is 1. The maximum absolute atomic E-state index is 13.4. The predicted molar refractivity (Wildman–Crippen MR) is 120 cm³/mol. The predicted octanol–water partition coefficient (Wildman–Crippen LogP) is 4.27. The monoisotopic (exact) mass is 423 g/mol. The number of hydrogen-bond acceptors (Lipinski definition) is 4. The van der Waals surface area contributed by atoms with Gasteiger partial charge in [0.2, 0.25) is 0 Å². The van der Waals surface area contributed by atoms with Crippen molar-refractivity contribution in [1.82, 2.24) is 9.80 Å². The van der Waals surface area contributed by atoms with E-state index >= 15 is 0 Å². The van der Waals surface area contributed by atoms with E-state index in [1.165, 1.54) is 37.8 Å². The number of fused-ring (bicyclic) bond motifs is 7. The lowest BCUT2D eigenvalue weighted by atomic mass is 9.68. The van der Waals surface area contributed by atoms with Crippen molar-refractivity contribution in [3.05, 3.63) is 29.8 Å². The van der Waals surface area contributed by atoms with Crippen molar-refractivity contribution in [3.63, 3.8) is 0 Å². The van der Waals surface area contributed by atoms with Crippen LogP contribution in [0.2, 0.25) is 0 Å². The zero-order valence-corrected chi connectivity index (χ0v) is 18.2. The smallest absolute Gasteiger partial charge is 0.322 e. The van der Waals surface area contributed by atoms with Gasteiger partial charge in [0.15, 0.2) is 11.5 Å². The molecule has 31 heavy (non-hydrogen) atoms. The first-order chi connectivity index (χ1) is 15.3. The molecular weight excluding hydrogens is 390 g/mol. The molecule has 6 rings (SSSR count). The Balaban J connectivity index is 1.22. The van der Waals surface area contributed by atoms with Gasteiger partial charge in [0.05, 0.1) is 19.3 Å². The van der Waals surface area contributed by atoms with Crippen LogP contribution in [-0.4, -0.2) is 60.8 Å². The van der Waals surface area contributed by atoms with Gasteiger partial charge >= 0.3 is 6.03 Å². The van der Waals surface area contributed by atoms with Crippen LogP contribution in [-0.2, 0) is 0 Å². The highest BCUT2D eigenvalue weighted by Crippen LogP contribution is 2.45. The van der Waals surface area contributed by atoms with Crippen LogP contribution in [0, 0.1) is 11.8 Å². The van der Waals surface area contributed by atoms with Crippen molar-refractivity contribution in [2.45, 2.75) is 57.0 Å². The molecule has 166 valence electrons. The van der Waals surface area contributed by atoms with Crippen LogP contribution in [0.4, 0.5) is 10.5 Å². The number of carbonyl (C=O) groups is 1. The molecule has 2 amide bonds. The SMILES string of the molecule is O=C(Nc1ccc2c(c1)OCCCO2)N1CCCC2=C[C@@H]3C[C@H](CN4CCCCC34)C21. The average Bonchev–Trinajstić information content (AvgIpc) is 3.04. The van der Waals surface area contributed by atoms with E-state index in [1.807, 2.05) is 18.2 Å². The summed E-state index contributed by atoms with van der Waals surface area (Å²) in [7, 11) is 0. The summed E-state index contributed by atoms with van der Waals surface area (Å²) < 4.78 is 11.5. The molecule has 0 radical (unpaired) electrons. The molecule has 6 nitrogen and oxygen atoms in total. The molecule has 4 atom stereocenters. The number of rotatable bonds is 1. The van der Waals surface area contributed by atoms with Crippen LogP contribution >= 0.6 is 0 Å². The summed E-state index contributed by atoms with van der Waals surface area (Å²) in [6.45, 7) is 4.54. The number of hydrogen-bond donors (Lipinski definition) is 1. The molecule has 4 heterocycles. The minimum atomic E-state index is 0.0179. The van der Waals surface area contributed by atoms with Crippen LogP contribution < -0.4 is 14.8 Å². The van der Waals surface area contributed by atoms with Gasteiger partial charge in [-0.1, -0.05) is 18.1 Å². The number of carbonyl (C=O) groups excluding carboxylic acids is 1. The summed E-state index contributed by atoms with van der Waals surface area (Å²) in [5.74, 6) is 2.73. The molecule has 1 aromatic rings. The van der Waals surface area contributed by atoms with Gasteiger partial charge < -0.3 is 19.7 Å². The van der Waals surface area contributed by atoms with Crippen LogP contribution in [0.1, 0.15) is 44.9 Å². The molecule has 2 unspecified atom stereocenters. The Hall–Kier alpha value is -2.21. The van der Waals surface area contributed by atoms with E-state index in [-0.39, 0.29) is 12.1 Å². The minimum Gasteiger partial charge on any atom is -0.490 e. The van der Waals surface area contributed by atoms with Crippen LogP contribution in [0.5, 0.6) is 11.5 Å². The highest BCUT2D eigenvalue weighted by atomic mass is 16.5. The van der Waals surface area contributed by atoms with Crippen molar-refractivity contribution in [1.29, 1.82) is 0 Å². The molecular formula is C25H33N3O3. The molecule has 6 heteroatoms. The van der Waals surface area contributed by atoms with Gasteiger partial charge in [0.1, 0.15) is 0 Å². The van der Waals surface area contributed by atoms with E-state index in [9.17, 15) is 4.79 Å². The number of ether oxygens (including phenoxy) is 2. The van der Waals surface area contributed by atoms with E-state index < -0.39 is 0 Å². The Morgan fingerprint density at radius 2 is 1.94 bits per heavy atom. The first-order valence-electron chi connectivity index (χ1n) is 12.2. The summed E-state index contributed by atoms with van der Waals surface area (Å²) in [4.78, 5) is 18.2. The Bertz CT molecular complexity index is 885. The molecule has 0 saturated carbocycles. The minimum absolute atomic E-state index is 0.0179. The van der Waals surface area contributed by atoms with Crippen LogP contribution in [0.3, 0.4) is 0 Å². The number of likely N-dealkylation sites (tertiary alicyclic amines) is 1. The molecule has 0 spiro atoms. The maximum atomic E-state index is 13.4. The van der Waals surface area contributed by atoms with E-state index in [0.29, 0.717) is 25.0 Å². The van der Waals surface area contributed by atoms with Gasteiger partial charge in [-0.2, -0.15) is 0 Å². The second-order valence-corrected chi connectivity index (χ2v) is 9.84. The van der Waals surface area contributed by atoms with E-state index in [0.717, 1.165) is 55.6 Å². The van der Waals surface area contributed by atoms with Crippen molar-refractivity contribution in [2.75, 3.05) is 38.2 Å². The quantitative estimate of drug-likeness (QED) is 0.686. The van der Waals surface area contributed by atoms with E-state index in [1.54, 1.807) is 0 Å². The van der Waals surface area contributed by atoms with Gasteiger partial charge in [-0.15, -0.1) is 0 Å². The number of amides is 2. The number of nitrogens with zero attached hydrogens (tertiary/aromatic N) is 2. The van der Waals surface area contributed by atoms with E-state index in [4.69, 9.17) is 9.47 Å². The Labute approximate surface area is 184 Å². The number of benzene rings is 1. The van der Waals surface area contributed by atoms with Gasteiger partial charge in [-0.25, -0.2) is 4.79 Å².